The lowest BCUT2D eigenvalue weighted by molar-refractivity contribution is 0.324. The van der Waals surface area contributed by atoms with Crippen LogP contribution in [0.25, 0.3) is 22.2 Å². The lowest BCUT2D eigenvalue weighted by atomic mass is 10.1. The van der Waals surface area contributed by atoms with Gasteiger partial charge in [0.2, 0.25) is 11.0 Å². The van der Waals surface area contributed by atoms with E-state index in [0.29, 0.717) is 33.5 Å². The van der Waals surface area contributed by atoms with E-state index in [1.807, 2.05) is 0 Å². The Morgan fingerprint density at radius 3 is 2.08 bits per heavy atom. The van der Waals surface area contributed by atoms with Crippen LogP contribution in [0.2, 0.25) is 10.3 Å². The molecule has 0 unspecified atom stereocenters. The number of ether oxygens (including phenoxy) is 3. The van der Waals surface area contributed by atoms with Gasteiger partial charge in [0.15, 0.2) is 11.5 Å². The molecular weight excluding hydrogens is 351 g/mol. The van der Waals surface area contributed by atoms with Gasteiger partial charge < -0.3 is 14.2 Å². The summed E-state index contributed by atoms with van der Waals surface area (Å²) >= 11 is 12.2. The van der Waals surface area contributed by atoms with Crippen LogP contribution < -0.4 is 14.2 Å². The SMILES string of the molecule is COc1cc(-c2nc(Cl)nc3ccc(Cl)cc23)cc(OC)c1OC. The minimum absolute atomic E-state index is 0.147. The first-order valence-corrected chi connectivity index (χ1v) is 7.76. The number of nitrogens with zero attached hydrogens (tertiary/aromatic N) is 2. The summed E-state index contributed by atoms with van der Waals surface area (Å²) in [5, 5.41) is 1.51. The molecule has 0 amide bonds. The van der Waals surface area contributed by atoms with Crippen LogP contribution in [0.4, 0.5) is 0 Å². The predicted octanol–water partition coefficient (Wildman–Crippen LogP) is 4.63. The van der Waals surface area contributed by atoms with Crippen molar-refractivity contribution in [1.82, 2.24) is 9.97 Å². The van der Waals surface area contributed by atoms with Gasteiger partial charge in [-0.3, -0.25) is 0 Å². The second-order valence-electron chi connectivity index (χ2n) is 4.92. The summed E-state index contributed by atoms with van der Waals surface area (Å²) in [6.45, 7) is 0. The highest BCUT2D eigenvalue weighted by atomic mass is 35.5. The van der Waals surface area contributed by atoms with E-state index in [-0.39, 0.29) is 5.28 Å². The van der Waals surface area contributed by atoms with Gasteiger partial charge in [0.25, 0.3) is 0 Å². The molecule has 0 radical (unpaired) electrons. The molecule has 24 heavy (non-hydrogen) atoms. The quantitative estimate of drug-likeness (QED) is 0.631. The van der Waals surface area contributed by atoms with Gasteiger partial charge in [-0.05, 0) is 41.9 Å². The topological polar surface area (TPSA) is 53.5 Å². The Bertz CT molecular complexity index is 891. The highest BCUT2D eigenvalue weighted by Gasteiger charge is 2.17. The Morgan fingerprint density at radius 2 is 1.50 bits per heavy atom. The van der Waals surface area contributed by atoms with Crippen LogP contribution in [-0.4, -0.2) is 31.3 Å². The van der Waals surface area contributed by atoms with E-state index in [4.69, 9.17) is 37.4 Å². The van der Waals surface area contributed by atoms with Crippen LogP contribution in [0.1, 0.15) is 0 Å². The molecular formula is C17H14Cl2N2O3. The third kappa shape index (κ3) is 2.92. The van der Waals surface area contributed by atoms with E-state index >= 15 is 0 Å². The Labute approximate surface area is 149 Å². The van der Waals surface area contributed by atoms with Gasteiger partial charge in [-0.2, -0.15) is 0 Å². The van der Waals surface area contributed by atoms with Crippen LogP contribution in [0.3, 0.4) is 0 Å². The molecule has 0 saturated heterocycles. The first-order chi connectivity index (χ1) is 11.6. The van der Waals surface area contributed by atoms with Gasteiger partial charge in [0, 0.05) is 16.0 Å². The maximum absolute atomic E-state index is 6.12. The molecule has 0 aliphatic carbocycles. The number of aromatic nitrogens is 2. The summed E-state index contributed by atoms with van der Waals surface area (Å²) in [4.78, 5) is 8.59. The summed E-state index contributed by atoms with van der Waals surface area (Å²) in [5.74, 6) is 1.56. The predicted molar refractivity (Wildman–Crippen MR) is 94.7 cm³/mol. The minimum atomic E-state index is 0.147. The van der Waals surface area contributed by atoms with E-state index in [1.54, 1.807) is 51.7 Å². The number of benzene rings is 2. The first kappa shape index (κ1) is 16.6. The van der Waals surface area contributed by atoms with Gasteiger partial charge in [-0.1, -0.05) is 11.6 Å². The van der Waals surface area contributed by atoms with Crippen LogP contribution >= 0.6 is 23.2 Å². The van der Waals surface area contributed by atoms with E-state index in [1.165, 1.54) is 0 Å². The van der Waals surface area contributed by atoms with Crippen LogP contribution in [0, 0.1) is 0 Å². The van der Waals surface area contributed by atoms with Crippen LogP contribution in [0.5, 0.6) is 17.2 Å². The molecule has 3 aromatic rings. The Morgan fingerprint density at radius 1 is 0.833 bits per heavy atom. The van der Waals surface area contributed by atoms with E-state index in [9.17, 15) is 0 Å². The molecule has 0 N–H and O–H groups in total. The number of rotatable bonds is 4. The molecule has 1 aromatic heterocycles. The Balaban J connectivity index is 2.33. The highest BCUT2D eigenvalue weighted by molar-refractivity contribution is 6.31. The molecule has 0 aliphatic rings. The molecule has 0 bridgehead atoms. The zero-order chi connectivity index (χ0) is 17.3. The third-order valence-corrected chi connectivity index (χ3v) is 3.97. The molecule has 0 spiro atoms. The lowest BCUT2D eigenvalue weighted by Gasteiger charge is -2.15. The van der Waals surface area contributed by atoms with Crippen LogP contribution in [0.15, 0.2) is 30.3 Å². The second kappa shape index (κ2) is 6.71. The van der Waals surface area contributed by atoms with Gasteiger partial charge in [-0.15, -0.1) is 0 Å². The zero-order valence-electron chi connectivity index (χ0n) is 13.3. The van der Waals surface area contributed by atoms with Crippen molar-refractivity contribution in [2.75, 3.05) is 21.3 Å². The molecule has 0 fully saturated rings. The minimum Gasteiger partial charge on any atom is -0.493 e. The molecule has 5 nitrogen and oxygen atoms in total. The number of fused-ring (bicyclic) bond motifs is 1. The average Bonchev–Trinajstić information content (AvgIpc) is 2.60. The summed E-state index contributed by atoms with van der Waals surface area (Å²) < 4.78 is 16.1. The maximum atomic E-state index is 6.12. The molecule has 3 rings (SSSR count). The average molecular weight is 365 g/mol. The van der Waals surface area contributed by atoms with E-state index in [2.05, 4.69) is 9.97 Å². The maximum Gasteiger partial charge on any atom is 0.223 e. The summed E-state index contributed by atoms with van der Waals surface area (Å²) in [7, 11) is 4.67. The number of hydrogen-bond acceptors (Lipinski definition) is 5. The molecule has 7 heteroatoms. The van der Waals surface area contributed by atoms with Crippen molar-refractivity contribution in [3.8, 4) is 28.5 Å². The molecule has 0 aliphatic heterocycles. The summed E-state index contributed by atoms with van der Waals surface area (Å²) in [6.07, 6.45) is 0. The standard InChI is InChI=1S/C17H14Cl2N2O3/c1-22-13-6-9(7-14(23-2)16(13)24-3)15-11-8-10(18)4-5-12(11)20-17(19)21-15/h4-8H,1-3H3. The fraction of sp³-hybridized carbons (Fsp3) is 0.176. The highest BCUT2D eigenvalue weighted by Crippen LogP contribution is 2.42. The van der Waals surface area contributed by atoms with Crippen molar-refractivity contribution >= 4 is 34.1 Å². The fourth-order valence-corrected chi connectivity index (χ4v) is 2.86. The van der Waals surface area contributed by atoms with Gasteiger partial charge in [0.1, 0.15) is 0 Å². The third-order valence-electron chi connectivity index (χ3n) is 3.57. The van der Waals surface area contributed by atoms with Crippen molar-refractivity contribution in [2.45, 2.75) is 0 Å². The second-order valence-corrected chi connectivity index (χ2v) is 5.69. The number of methoxy groups -OCH3 is 3. The van der Waals surface area contributed by atoms with Crippen molar-refractivity contribution in [1.29, 1.82) is 0 Å². The monoisotopic (exact) mass is 364 g/mol. The van der Waals surface area contributed by atoms with Crippen molar-refractivity contribution in [2.24, 2.45) is 0 Å². The van der Waals surface area contributed by atoms with Crippen molar-refractivity contribution in [3.63, 3.8) is 0 Å². The van der Waals surface area contributed by atoms with Gasteiger partial charge >= 0.3 is 0 Å². The largest absolute Gasteiger partial charge is 0.493 e. The van der Waals surface area contributed by atoms with Gasteiger partial charge in [0.05, 0.1) is 32.5 Å². The summed E-state index contributed by atoms with van der Waals surface area (Å²) in [5.41, 5.74) is 2.08. The Hall–Kier alpha value is -2.24. The smallest absolute Gasteiger partial charge is 0.223 e. The summed E-state index contributed by atoms with van der Waals surface area (Å²) in [6, 6.07) is 8.96. The Kier molecular flexibility index (Phi) is 4.64. The molecule has 0 atom stereocenters. The van der Waals surface area contributed by atoms with Crippen molar-refractivity contribution in [3.05, 3.63) is 40.6 Å². The van der Waals surface area contributed by atoms with E-state index in [0.717, 1.165) is 10.9 Å². The first-order valence-electron chi connectivity index (χ1n) is 7.00. The van der Waals surface area contributed by atoms with E-state index < -0.39 is 0 Å². The number of halogens is 2. The van der Waals surface area contributed by atoms with Crippen LogP contribution in [-0.2, 0) is 0 Å². The number of hydrogen-bond donors (Lipinski definition) is 0. The normalized spacial score (nSPS) is 10.7. The van der Waals surface area contributed by atoms with Crippen molar-refractivity contribution < 1.29 is 14.2 Å². The van der Waals surface area contributed by atoms with Gasteiger partial charge in [-0.25, -0.2) is 9.97 Å². The molecule has 1 heterocycles. The fourth-order valence-electron chi connectivity index (χ4n) is 2.51. The lowest BCUT2D eigenvalue weighted by Crippen LogP contribution is -1.97. The molecule has 2 aromatic carbocycles. The zero-order valence-corrected chi connectivity index (χ0v) is 14.8. The molecule has 0 saturated carbocycles. The molecule has 124 valence electrons.